The van der Waals surface area contributed by atoms with E-state index in [1.165, 1.54) is 55.4 Å². The van der Waals surface area contributed by atoms with E-state index in [9.17, 15) is 9.59 Å². The van der Waals surface area contributed by atoms with Crippen LogP contribution in [0.4, 0.5) is 17.2 Å². The zero-order chi connectivity index (χ0) is 21.8. The number of nitrogens with one attached hydrogen (secondary N) is 3. The van der Waals surface area contributed by atoms with Crippen LogP contribution in [0.25, 0.3) is 11.3 Å². The molecule has 0 aromatic carbocycles. The summed E-state index contributed by atoms with van der Waals surface area (Å²) in [7, 11) is 3.10. The molecule has 2 amide bonds. The quantitative estimate of drug-likeness (QED) is 0.423. The van der Waals surface area contributed by atoms with Gasteiger partial charge in [-0.05, 0) is 6.07 Å². The molecule has 0 spiro atoms. The van der Waals surface area contributed by atoms with Gasteiger partial charge in [0.1, 0.15) is 23.4 Å². The number of anilines is 3. The third kappa shape index (κ3) is 3.94. The molecule has 4 rings (SSSR count). The zero-order valence-corrected chi connectivity index (χ0v) is 16.5. The van der Waals surface area contributed by atoms with Crippen LogP contribution in [-0.4, -0.2) is 48.6 Å². The highest BCUT2D eigenvalue weighted by atomic mass is 16.3. The van der Waals surface area contributed by atoms with Crippen LogP contribution in [-0.2, 0) is 7.05 Å². The van der Waals surface area contributed by atoms with E-state index in [-0.39, 0.29) is 22.9 Å². The number of furan rings is 1. The Morgan fingerprint density at radius 2 is 1.87 bits per heavy atom. The Labute approximate surface area is 175 Å². The molecule has 12 nitrogen and oxygen atoms in total. The van der Waals surface area contributed by atoms with Gasteiger partial charge in [-0.1, -0.05) is 0 Å². The first kappa shape index (κ1) is 19.7. The molecule has 156 valence electrons. The molecule has 0 aliphatic heterocycles. The molecule has 0 saturated heterocycles. The molecule has 31 heavy (non-hydrogen) atoms. The van der Waals surface area contributed by atoms with E-state index in [1.807, 2.05) is 0 Å². The van der Waals surface area contributed by atoms with Crippen molar-refractivity contribution in [3.8, 4) is 11.3 Å². The topological polar surface area (TPSA) is 153 Å². The minimum Gasteiger partial charge on any atom is -0.472 e. The molecule has 0 aliphatic rings. The number of hydrogen-bond acceptors (Lipinski definition) is 9. The Balaban J connectivity index is 1.72. The van der Waals surface area contributed by atoms with Crippen LogP contribution in [0.3, 0.4) is 0 Å². The first-order valence-electron chi connectivity index (χ1n) is 9.04. The molecule has 4 aromatic heterocycles. The van der Waals surface area contributed by atoms with Crippen LogP contribution in [0.2, 0.25) is 0 Å². The van der Waals surface area contributed by atoms with Crippen molar-refractivity contribution in [2.24, 2.45) is 7.05 Å². The van der Waals surface area contributed by atoms with Crippen molar-refractivity contribution < 1.29 is 14.0 Å². The predicted octanol–water partition coefficient (Wildman–Crippen LogP) is 1.62. The SMILES string of the molecule is CNC(=O)c1c(NC(=O)c2nccnc2Nc2cncnc2)c(-c2ccoc2)nn1C. The lowest BCUT2D eigenvalue weighted by molar-refractivity contribution is 0.0954. The number of carbonyl (C=O) groups is 2. The standard InChI is InChI=1S/C19H17N9O3/c1-20-19(30)16-14(13(27-28(16)2)11-3-6-31-9-11)26-18(29)15-17(24-5-4-23-15)25-12-7-21-10-22-8-12/h3-10H,1-2H3,(H,20,30)(H,24,25)(H,26,29). The van der Waals surface area contributed by atoms with Crippen molar-refractivity contribution in [1.29, 1.82) is 0 Å². The first-order valence-corrected chi connectivity index (χ1v) is 9.04. The van der Waals surface area contributed by atoms with Gasteiger partial charge < -0.3 is 20.4 Å². The fraction of sp³-hybridized carbons (Fsp3) is 0.105. The fourth-order valence-corrected chi connectivity index (χ4v) is 2.89. The van der Waals surface area contributed by atoms with E-state index in [0.29, 0.717) is 16.9 Å². The minimum absolute atomic E-state index is 0.0104. The van der Waals surface area contributed by atoms with Gasteiger partial charge in [0.05, 0.1) is 30.6 Å². The van der Waals surface area contributed by atoms with Gasteiger partial charge in [-0.3, -0.25) is 14.3 Å². The Bertz CT molecular complexity index is 1220. The van der Waals surface area contributed by atoms with Crippen LogP contribution in [0.5, 0.6) is 0 Å². The molecule has 0 bridgehead atoms. The molecule has 3 N–H and O–H groups in total. The molecular weight excluding hydrogens is 402 g/mol. The minimum atomic E-state index is -0.588. The number of rotatable bonds is 6. The second-order valence-corrected chi connectivity index (χ2v) is 6.25. The summed E-state index contributed by atoms with van der Waals surface area (Å²) in [5.41, 5.74) is 1.90. The Hall–Kier alpha value is -4.61. The van der Waals surface area contributed by atoms with Gasteiger partial charge in [-0.25, -0.2) is 19.9 Å². The monoisotopic (exact) mass is 419 g/mol. The van der Waals surface area contributed by atoms with Crippen LogP contribution < -0.4 is 16.0 Å². The highest BCUT2D eigenvalue weighted by Crippen LogP contribution is 2.31. The summed E-state index contributed by atoms with van der Waals surface area (Å²) >= 11 is 0. The van der Waals surface area contributed by atoms with Crippen LogP contribution in [0, 0.1) is 0 Å². The molecule has 4 aromatic rings. The average Bonchev–Trinajstić information content (AvgIpc) is 3.42. The van der Waals surface area contributed by atoms with E-state index in [0.717, 1.165) is 0 Å². The summed E-state index contributed by atoms with van der Waals surface area (Å²) in [4.78, 5) is 41.8. The smallest absolute Gasteiger partial charge is 0.278 e. The van der Waals surface area contributed by atoms with E-state index in [1.54, 1.807) is 13.1 Å². The fourth-order valence-electron chi connectivity index (χ4n) is 2.89. The number of aryl methyl sites for hydroxylation is 1. The molecule has 4 heterocycles. The highest BCUT2D eigenvalue weighted by molar-refractivity contribution is 6.12. The second kappa shape index (κ2) is 8.41. The highest BCUT2D eigenvalue weighted by Gasteiger charge is 2.26. The molecular formula is C19H17N9O3. The van der Waals surface area contributed by atoms with Crippen molar-refractivity contribution in [2.45, 2.75) is 0 Å². The molecule has 0 aliphatic carbocycles. The Kier molecular flexibility index (Phi) is 5.34. The van der Waals surface area contributed by atoms with Gasteiger partial charge in [0.15, 0.2) is 11.5 Å². The lowest BCUT2D eigenvalue weighted by Gasteiger charge is -2.11. The van der Waals surface area contributed by atoms with Crippen LogP contribution >= 0.6 is 0 Å². The van der Waals surface area contributed by atoms with Gasteiger partial charge >= 0.3 is 0 Å². The predicted molar refractivity (Wildman–Crippen MR) is 110 cm³/mol. The molecule has 0 radical (unpaired) electrons. The van der Waals surface area contributed by atoms with Gasteiger partial charge in [0, 0.05) is 32.1 Å². The van der Waals surface area contributed by atoms with Crippen molar-refractivity contribution in [3.63, 3.8) is 0 Å². The zero-order valence-electron chi connectivity index (χ0n) is 16.5. The van der Waals surface area contributed by atoms with Gasteiger partial charge in [-0.15, -0.1) is 0 Å². The van der Waals surface area contributed by atoms with Crippen molar-refractivity contribution in [3.05, 3.63) is 61.1 Å². The molecule has 0 fully saturated rings. The number of aromatic nitrogens is 6. The third-order valence-electron chi connectivity index (χ3n) is 4.26. The average molecular weight is 419 g/mol. The first-order chi connectivity index (χ1) is 15.1. The largest absolute Gasteiger partial charge is 0.472 e. The van der Waals surface area contributed by atoms with E-state index >= 15 is 0 Å². The summed E-state index contributed by atoms with van der Waals surface area (Å²) < 4.78 is 6.51. The maximum Gasteiger partial charge on any atom is 0.278 e. The van der Waals surface area contributed by atoms with Crippen LogP contribution in [0.1, 0.15) is 21.0 Å². The molecule has 0 unspecified atom stereocenters. The number of hydrogen-bond donors (Lipinski definition) is 3. The normalized spacial score (nSPS) is 10.5. The van der Waals surface area contributed by atoms with Gasteiger partial charge in [-0.2, -0.15) is 5.10 Å². The Morgan fingerprint density at radius 1 is 1.10 bits per heavy atom. The number of amides is 2. The number of nitrogens with zero attached hydrogens (tertiary/aromatic N) is 6. The summed E-state index contributed by atoms with van der Waals surface area (Å²) in [6.45, 7) is 0. The van der Waals surface area contributed by atoms with Crippen molar-refractivity contribution >= 4 is 29.0 Å². The molecule has 0 atom stereocenters. The molecule has 12 heteroatoms. The summed E-state index contributed by atoms with van der Waals surface area (Å²) in [6, 6.07) is 1.68. The summed E-state index contributed by atoms with van der Waals surface area (Å²) in [5, 5.41) is 12.6. The number of carbonyl (C=O) groups excluding carboxylic acids is 2. The van der Waals surface area contributed by atoms with Crippen molar-refractivity contribution in [2.75, 3.05) is 17.7 Å². The van der Waals surface area contributed by atoms with Crippen LogP contribution in [0.15, 0.2) is 54.1 Å². The van der Waals surface area contributed by atoms with Gasteiger partial charge in [0.2, 0.25) is 0 Å². The van der Waals surface area contributed by atoms with Crippen molar-refractivity contribution in [1.82, 2.24) is 35.0 Å². The van der Waals surface area contributed by atoms with E-state index < -0.39 is 11.8 Å². The maximum atomic E-state index is 13.1. The summed E-state index contributed by atoms with van der Waals surface area (Å²) in [5.74, 6) is -0.806. The van der Waals surface area contributed by atoms with E-state index in [4.69, 9.17) is 4.42 Å². The Morgan fingerprint density at radius 3 is 2.58 bits per heavy atom. The van der Waals surface area contributed by atoms with Gasteiger partial charge in [0.25, 0.3) is 11.8 Å². The lowest BCUT2D eigenvalue weighted by atomic mass is 10.1. The maximum absolute atomic E-state index is 13.1. The lowest BCUT2D eigenvalue weighted by Crippen LogP contribution is -2.24. The second-order valence-electron chi connectivity index (χ2n) is 6.25. The summed E-state index contributed by atoms with van der Waals surface area (Å²) in [6.07, 6.45) is 10.2. The third-order valence-corrected chi connectivity index (χ3v) is 4.26. The molecule has 0 saturated carbocycles. The van der Waals surface area contributed by atoms with E-state index in [2.05, 4.69) is 41.0 Å².